The number of piperazine rings is 1. The molecule has 0 aromatic carbocycles. The molecule has 2 heterocycles. The average Bonchev–Trinajstić information content (AvgIpc) is 2.12. The largest absolute Gasteiger partial charge is 0.327 e. The van der Waals surface area contributed by atoms with Gasteiger partial charge in [-0.25, -0.2) is 0 Å². The molecule has 1 atom stereocenters. The summed E-state index contributed by atoms with van der Waals surface area (Å²) < 4.78 is 0. The number of likely N-dealkylation sites (N-methyl/N-ethyl adjacent to an activating group) is 1. The fraction of sp³-hybridized carbons (Fsp3) is 1.00. The Morgan fingerprint density at radius 3 is 2.33 bits per heavy atom. The first-order valence-electron chi connectivity index (χ1n) is 6.05. The second-order valence-corrected chi connectivity index (χ2v) is 5.19. The van der Waals surface area contributed by atoms with Gasteiger partial charge in [0.2, 0.25) is 0 Å². The van der Waals surface area contributed by atoms with Gasteiger partial charge in [0.25, 0.3) is 0 Å². The van der Waals surface area contributed by atoms with Crippen molar-refractivity contribution in [2.75, 3.05) is 52.9 Å². The minimum Gasteiger partial charge on any atom is -0.327 e. The van der Waals surface area contributed by atoms with Crippen LogP contribution >= 0.6 is 0 Å². The molecular formula is C11H24N4. The van der Waals surface area contributed by atoms with Crippen LogP contribution in [0.2, 0.25) is 0 Å². The molecule has 2 N–H and O–H groups in total. The summed E-state index contributed by atoms with van der Waals surface area (Å²) in [4.78, 5) is 7.51. The van der Waals surface area contributed by atoms with E-state index in [0.717, 1.165) is 12.6 Å². The molecule has 2 fully saturated rings. The molecule has 4 nitrogen and oxygen atoms in total. The van der Waals surface area contributed by atoms with E-state index in [1.54, 1.807) is 0 Å². The van der Waals surface area contributed by atoms with Crippen LogP contribution in [0, 0.1) is 0 Å². The first-order chi connectivity index (χ1) is 7.15. The number of hydrogen-bond donors (Lipinski definition) is 1. The molecule has 0 amide bonds. The van der Waals surface area contributed by atoms with Gasteiger partial charge in [-0.3, -0.25) is 9.80 Å². The molecule has 1 unspecified atom stereocenters. The lowest BCUT2D eigenvalue weighted by Crippen LogP contribution is -2.63. The Kier molecular flexibility index (Phi) is 3.61. The predicted molar refractivity (Wildman–Crippen MR) is 62.9 cm³/mol. The van der Waals surface area contributed by atoms with E-state index in [4.69, 9.17) is 5.73 Å². The van der Waals surface area contributed by atoms with Crippen LogP contribution in [0.5, 0.6) is 0 Å². The zero-order chi connectivity index (χ0) is 10.8. The second kappa shape index (κ2) is 4.78. The zero-order valence-electron chi connectivity index (χ0n) is 10.0. The summed E-state index contributed by atoms with van der Waals surface area (Å²) in [6.45, 7) is 10.5. The van der Waals surface area contributed by atoms with E-state index in [-0.39, 0.29) is 0 Å². The van der Waals surface area contributed by atoms with Crippen LogP contribution in [0.15, 0.2) is 0 Å². The van der Waals surface area contributed by atoms with Crippen molar-refractivity contribution in [1.29, 1.82) is 0 Å². The van der Waals surface area contributed by atoms with Crippen molar-refractivity contribution in [2.24, 2.45) is 5.73 Å². The Balaban J connectivity index is 1.66. The maximum absolute atomic E-state index is 5.78. The van der Waals surface area contributed by atoms with Crippen molar-refractivity contribution in [3.63, 3.8) is 0 Å². The van der Waals surface area contributed by atoms with Gasteiger partial charge < -0.3 is 10.6 Å². The quantitative estimate of drug-likeness (QED) is 0.669. The third-order valence-electron chi connectivity index (χ3n) is 3.54. The Hall–Kier alpha value is -0.160. The van der Waals surface area contributed by atoms with E-state index in [9.17, 15) is 0 Å². The van der Waals surface area contributed by atoms with Crippen LogP contribution in [-0.2, 0) is 0 Å². The van der Waals surface area contributed by atoms with Crippen molar-refractivity contribution >= 4 is 0 Å². The van der Waals surface area contributed by atoms with Crippen molar-refractivity contribution in [3.8, 4) is 0 Å². The summed E-state index contributed by atoms with van der Waals surface area (Å²) in [6.07, 6.45) is 0. The molecule has 88 valence electrons. The molecule has 2 saturated heterocycles. The van der Waals surface area contributed by atoms with Crippen LogP contribution in [0.25, 0.3) is 0 Å². The normalized spacial score (nSPS) is 29.0. The number of hydrogen-bond acceptors (Lipinski definition) is 4. The van der Waals surface area contributed by atoms with Crippen LogP contribution in [0.3, 0.4) is 0 Å². The lowest BCUT2D eigenvalue weighted by molar-refractivity contribution is 0.00782. The zero-order valence-corrected chi connectivity index (χ0v) is 10.0. The first-order valence-corrected chi connectivity index (χ1v) is 6.05. The first kappa shape index (κ1) is 11.3. The molecular weight excluding hydrogens is 188 g/mol. The fourth-order valence-electron chi connectivity index (χ4n) is 2.52. The van der Waals surface area contributed by atoms with Crippen LogP contribution in [0.1, 0.15) is 6.92 Å². The second-order valence-electron chi connectivity index (χ2n) is 5.19. The summed E-state index contributed by atoms with van der Waals surface area (Å²) in [7, 11) is 2.21. The van der Waals surface area contributed by atoms with E-state index < -0.39 is 0 Å². The Morgan fingerprint density at radius 1 is 1.20 bits per heavy atom. The monoisotopic (exact) mass is 212 g/mol. The van der Waals surface area contributed by atoms with Gasteiger partial charge >= 0.3 is 0 Å². The molecule has 4 heteroatoms. The Bertz CT molecular complexity index is 193. The van der Waals surface area contributed by atoms with Gasteiger partial charge in [0.1, 0.15) is 0 Å². The van der Waals surface area contributed by atoms with Crippen molar-refractivity contribution in [2.45, 2.75) is 19.0 Å². The highest BCUT2D eigenvalue weighted by Gasteiger charge is 2.32. The molecule has 2 aliphatic heterocycles. The van der Waals surface area contributed by atoms with Crippen LogP contribution < -0.4 is 5.73 Å². The van der Waals surface area contributed by atoms with Gasteiger partial charge in [-0.1, -0.05) is 0 Å². The maximum atomic E-state index is 5.78. The maximum Gasteiger partial charge on any atom is 0.0351 e. The summed E-state index contributed by atoms with van der Waals surface area (Å²) in [5.74, 6) is 0. The topological polar surface area (TPSA) is 35.7 Å². The SMILES string of the molecule is CC(N)CN1CC(N2CCN(C)CC2)C1. The van der Waals surface area contributed by atoms with Gasteiger partial charge in [-0.05, 0) is 14.0 Å². The number of rotatable bonds is 3. The molecule has 15 heavy (non-hydrogen) atoms. The summed E-state index contributed by atoms with van der Waals surface area (Å²) in [5, 5.41) is 0. The van der Waals surface area contributed by atoms with Gasteiger partial charge in [0.15, 0.2) is 0 Å². The highest BCUT2D eigenvalue weighted by Crippen LogP contribution is 2.16. The fourth-order valence-corrected chi connectivity index (χ4v) is 2.52. The van der Waals surface area contributed by atoms with E-state index in [1.807, 2.05) is 0 Å². The molecule has 0 saturated carbocycles. The van der Waals surface area contributed by atoms with Crippen LogP contribution in [0.4, 0.5) is 0 Å². The lowest BCUT2D eigenvalue weighted by Gasteiger charge is -2.48. The van der Waals surface area contributed by atoms with Crippen molar-refractivity contribution < 1.29 is 0 Å². The number of likely N-dealkylation sites (tertiary alicyclic amines) is 1. The molecule has 2 rings (SSSR count). The van der Waals surface area contributed by atoms with Crippen molar-refractivity contribution in [1.82, 2.24) is 14.7 Å². The Labute approximate surface area is 93.0 Å². The molecule has 0 aromatic rings. The molecule has 2 aliphatic rings. The summed E-state index contributed by atoms with van der Waals surface area (Å²) in [5.41, 5.74) is 5.78. The van der Waals surface area contributed by atoms with Gasteiger partial charge in [-0.15, -0.1) is 0 Å². The van der Waals surface area contributed by atoms with E-state index >= 15 is 0 Å². The van der Waals surface area contributed by atoms with Gasteiger partial charge in [-0.2, -0.15) is 0 Å². The molecule has 0 bridgehead atoms. The summed E-state index contributed by atoms with van der Waals surface area (Å²) >= 11 is 0. The molecule has 0 radical (unpaired) electrons. The number of nitrogens with two attached hydrogens (primary N) is 1. The molecule has 0 aromatic heterocycles. The van der Waals surface area contributed by atoms with Crippen LogP contribution in [-0.4, -0.2) is 79.6 Å². The highest BCUT2D eigenvalue weighted by molar-refractivity contribution is 4.90. The third-order valence-corrected chi connectivity index (χ3v) is 3.54. The van der Waals surface area contributed by atoms with E-state index in [0.29, 0.717) is 6.04 Å². The lowest BCUT2D eigenvalue weighted by atomic mass is 10.1. The molecule has 0 aliphatic carbocycles. The minimum atomic E-state index is 0.318. The Morgan fingerprint density at radius 2 is 1.80 bits per heavy atom. The minimum absolute atomic E-state index is 0.318. The van der Waals surface area contributed by atoms with Gasteiger partial charge in [0.05, 0.1) is 0 Å². The highest BCUT2D eigenvalue weighted by atomic mass is 15.3. The van der Waals surface area contributed by atoms with E-state index in [2.05, 4.69) is 28.7 Å². The number of nitrogens with zero attached hydrogens (tertiary/aromatic N) is 3. The predicted octanol–water partition coefficient (Wildman–Crippen LogP) is -0.735. The van der Waals surface area contributed by atoms with Crippen molar-refractivity contribution in [3.05, 3.63) is 0 Å². The third kappa shape index (κ3) is 2.91. The molecule has 0 spiro atoms. The van der Waals surface area contributed by atoms with Gasteiger partial charge in [0, 0.05) is 57.9 Å². The van der Waals surface area contributed by atoms with E-state index in [1.165, 1.54) is 39.3 Å². The average molecular weight is 212 g/mol. The smallest absolute Gasteiger partial charge is 0.0351 e. The summed E-state index contributed by atoms with van der Waals surface area (Å²) in [6, 6.07) is 1.12. The standard InChI is InChI=1S/C11H24N4/c1-10(12)7-14-8-11(9-14)15-5-3-13(2)4-6-15/h10-11H,3-9,12H2,1-2H3.